The minimum absolute atomic E-state index is 0.00309. The van der Waals surface area contributed by atoms with E-state index in [0.717, 1.165) is 76.2 Å². The lowest BCUT2D eigenvalue weighted by molar-refractivity contribution is -0.144. The summed E-state index contributed by atoms with van der Waals surface area (Å²) < 4.78 is 0. The van der Waals surface area contributed by atoms with Crippen LogP contribution in [0.3, 0.4) is 0 Å². The number of fused-ring (bicyclic) bond motifs is 3. The Labute approximate surface area is 389 Å². The molecule has 16 nitrogen and oxygen atoms in total. The Hall–Kier alpha value is -5.61. The molecule has 0 aromatic heterocycles. The highest BCUT2D eigenvalue weighted by atomic mass is 16.2. The van der Waals surface area contributed by atoms with Gasteiger partial charge in [0.15, 0.2) is 0 Å². The molecule has 4 aliphatic heterocycles. The summed E-state index contributed by atoms with van der Waals surface area (Å²) in [6.07, 6.45) is 13.9. The molecule has 16 heteroatoms. The average Bonchev–Trinajstić information content (AvgIpc) is 3.95. The number of nitrogens with zero attached hydrogens (tertiary/aromatic N) is 2. The number of hydrogen-bond donors (Lipinski definition) is 7. The molecule has 4 saturated heterocycles. The topological polar surface area (TPSA) is 210 Å². The fourth-order valence-corrected chi connectivity index (χ4v) is 10.1. The molecule has 1 aliphatic carbocycles. The molecule has 0 radical (unpaired) electrons. The van der Waals surface area contributed by atoms with E-state index in [1.54, 1.807) is 55.9 Å². The van der Waals surface area contributed by atoms with Crippen LogP contribution in [0, 0.1) is 0 Å². The van der Waals surface area contributed by atoms with Gasteiger partial charge in [0.05, 0.1) is 18.1 Å². The van der Waals surface area contributed by atoms with Crippen molar-refractivity contribution in [3.05, 3.63) is 77.9 Å². The molecule has 2 aromatic carbocycles. The van der Waals surface area contributed by atoms with Gasteiger partial charge in [-0.25, -0.2) is 0 Å². The van der Waals surface area contributed by atoms with Crippen LogP contribution in [0.1, 0.15) is 126 Å². The molecule has 2 aromatic rings. The maximum absolute atomic E-state index is 13.5. The predicted molar refractivity (Wildman–Crippen MR) is 253 cm³/mol. The fourth-order valence-electron chi connectivity index (χ4n) is 10.1. The first-order chi connectivity index (χ1) is 31.8. The Morgan fingerprint density at radius 3 is 1.77 bits per heavy atom. The first-order valence-electron chi connectivity index (χ1n) is 24.1. The van der Waals surface area contributed by atoms with Crippen molar-refractivity contribution in [2.75, 3.05) is 19.4 Å². The first kappa shape index (κ1) is 49.8. The highest BCUT2D eigenvalue weighted by molar-refractivity contribution is 5.99. The van der Waals surface area contributed by atoms with Gasteiger partial charge in [0.25, 0.3) is 0 Å². The number of carbonyl (C=O) groups excluding carboxylic acids is 7. The molecule has 5 aliphatic rings. The minimum Gasteiger partial charge on any atom is -0.350 e. The van der Waals surface area contributed by atoms with E-state index in [1.165, 1.54) is 17.2 Å². The monoisotopic (exact) mass is 910 g/mol. The molecule has 9 atom stereocenters. The number of carbonyl (C=O) groups is 7. The van der Waals surface area contributed by atoms with E-state index in [4.69, 9.17) is 0 Å². The average molecular weight is 910 g/mol. The van der Waals surface area contributed by atoms with E-state index >= 15 is 0 Å². The van der Waals surface area contributed by atoms with Crippen LogP contribution in [-0.4, -0.2) is 114 Å². The molecule has 1 unspecified atom stereocenters. The van der Waals surface area contributed by atoms with Crippen molar-refractivity contribution in [1.82, 2.24) is 41.7 Å². The van der Waals surface area contributed by atoms with Crippen molar-refractivity contribution in [2.45, 2.75) is 171 Å². The molecule has 4 heterocycles. The van der Waals surface area contributed by atoms with Crippen molar-refractivity contribution in [3.8, 4) is 0 Å². The van der Waals surface area contributed by atoms with Crippen LogP contribution in [0.5, 0.6) is 0 Å². The maximum atomic E-state index is 13.5. The Bertz CT molecular complexity index is 2080. The highest BCUT2D eigenvalue weighted by Crippen LogP contribution is 2.35. The summed E-state index contributed by atoms with van der Waals surface area (Å²) in [6, 6.07) is 12.7. The van der Waals surface area contributed by atoms with Gasteiger partial charge in [0, 0.05) is 24.3 Å². The fraction of sp³-hybridized carbons (Fsp3) is 0.580. The van der Waals surface area contributed by atoms with Crippen LogP contribution >= 0.6 is 0 Å². The van der Waals surface area contributed by atoms with Crippen LogP contribution in [0.15, 0.2) is 61.2 Å². The standard InChI is InChI=1S/C25H35N5O4.C25H36N4O3/c1-4-22(31)28-18-9-7-8-17(14-18)15-27-24(33)21-13-12-19-10-5-6-11-20(25(34)30(19)21)29-23(32)16(2)26-3;1-16(26-2)23(30)28-21-12-6-4-10-18-14-15-22(29(18)25(21)32)24(31)27-20-13-7-9-17-8-3-5-11-19(17)20/h4,7-9,14,16,19-21,26H,1,5-6,10-13,15H2,2-3H3,(H,27,33)(H,28,31)(H,29,32);3,5,8,11,16,18,20-22,26H,4,6-7,9-10,12-15H2,1-2H3,(H,27,31)(H,28,30)/t16-,19-,20-,21-;16-,18-,20?,21-,22-/m00/s1. The van der Waals surface area contributed by atoms with E-state index in [1.807, 2.05) is 18.2 Å². The summed E-state index contributed by atoms with van der Waals surface area (Å²) in [5, 5.41) is 20.5. The zero-order valence-electron chi connectivity index (χ0n) is 39.2. The predicted octanol–water partition coefficient (Wildman–Crippen LogP) is 3.66. The van der Waals surface area contributed by atoms with Crippen LogP contribution in [0.25, 0.3) is 0 Å². The third-order valence-corrected chi connectivity index (χ3v) is 14.1. The number of hydrogen-bond acceptors (Lipinski definition) is 9. The molecule has 4 fully saturated rings. The van der Waals surface area contributed by atoms with Crippen LogP contribution in [0.4, 0.5) is 5.69 Å². The van der Waals surface area contributed by atoms with Gasteiger partial charge in [-0.1, -0.05) is 68.7 Å². The van der Waals surface area contributed by atoms with Gasteiger partial charge in [0.2, 0.25) is 41.4 Å². The van der Waals surface area contributed by atoms with Gasteiger partial charge < -0.3 is 47.0 Å². The van der Waals surface area contributed by atoms with Gasteiger partial charge in [-0.3, -0.25) is 33.6 Å². The zero-order chi connectivity index (χ0) is 47.3. The van der Waals surface area contributed by atoms with Gasteiger partial charge in [-0.05, 0) is 133 Å². The Morgan fingerprint density at radius 1 is 0.652 bits per heavy atom. The van der Waals surface area contributed by atoms with Crippen molar-refractivity contribution in [2.24, 2.45) is 0 Å². The zero-order valence-corrected chi connectivity index (χ0v) is 39.2. The van der Waals surface area contributed by atoms with E-state index in [-0.39, 0.29) is 72.1 Å². The van der Waals surface area contributed by atoms with Crippen molar-refractivity contribution >= 4 is 47.0 Å². The molecule has 358 valence electrons. The number of nitrogens with one attached hydrogen (secondary N) is 7. The lowest BCUT2D eigenvalue weighted by Gasteiger charge is -2.36. The van der Waals surface area contributed by atoms with E-state index < -0.39 is 30.2 Å². The molecule has 7 N–H and O–H groups in total. The summed E-state index contributed by atoms with van der Waals surface area (Å²) in [6.45, 7) is 7.24. The number of aryl methyl sites for hydroxylation is 1. The number of anilines is 1. The summed E-state index contributed by atoms with van der Waals surface area (Å²) in [5.41, 5.74) is 3.95. The highest BCUT2D eigenvalue weighted by Gasteiger charge is 2.46. The molecule has 0 spiro atoms. The number of rotatable bonds is 13. The van der Waals surface area contributed by atoms with Crippen LogP contribution in [0.2, 0.25) is 0 Å². The molecule has 66 heavy (non-hydrogen) atoms. The third kappa shape index (κ3) is 12.4. The molecule has 7 rings (SSSR count). The molecular formula is C50H71N9O7. The second-order valence-corrected chi connectivity index (χ2v) is 18.5. The number of amides is 7. The smallest absolute Gasteiger partial charge is 0.247 e. The van der Waals surface area contributed by atoms with Crippen LogP contribution in [-0.2, 0) is 46.5 Å². The van der Waals surface area contributed by atoms with Crippen molar-refractivity contribution in [3.63, 3.8) is 0 Å². The lowest BCUT2D eigenvalue weighted by atomic mass is 9.87. The Morgan fingerprint density at radius 2 is 1.20 bits per heavy atom. The minimum atomic E-state index is -0.621. The van der Waals surface area contributed by atoms with Gasteiger partial charge in [-0.15, -0.1) is 0 Å². The largest absolute Gasteiger partial charge is 0.350 e. The van der Waals surface area contributed by atoms with Gasteiger partial charge in [-0.2, -0.15) is 0 Å². The second-order valence-electron chi connectivity index (χ2n) is 18.5. The summed E-state index contributed by atoms with van der Waals surface area (Å²) in [5.74, 6) is -1.24. The van der Waals surface area contributed by atoms with E-state index in [0.29, 0.717) is 31.4 Å². The number of benzene rings is 2. The maximum Gasteiger partial charge on any atom is 0.247 e. The van der Waals surface area contributed by atoms with Crippen molar-refractivity contribution < 1.29 is 33.6 Å². The summed E-state index contributed by atoms with van der Waals surface area (Å²) in [7, 11) is 3.43. The lowest BCUT2D eigenvalue weighted by Crippen LogP contribution is -2.58. The quantitative estimate of drug-likeness (QED) is 0.146. The first-order valence-corrected chi connectivity index (χ1v) is 24.1. The van der Waals surface area contributed by atoms with Gasteiger partial charge in [0.1, 0.15) is 24.2 Å². The molecule has 0 saturated carbocycles. The molecular weight excluding hydrogens is 839 g/mol. The Balaban J connectivity index is 0.000000219. The third-order valence-electron chi connectivity index (χ3n) is 14.1. The SMILES string of the molecule is C=CC(=O)Nc1cccc(CNC(=O)[C@@H]2CC[C@@H]3CCCC[C@H](NC(=O)[C@H](C)NC)C(=O)N32)c1.CN[C@@H](C)C(=O)N[C@H]1CCCC[C@H]2CC[C@@H](C(=O)NC3CCCc4ccccc43)N2C1=O. The summed E-state index contributed by atoms with van der Waals surface area (Å²) >= 11 is 0. The number of likely N-dealkylation sites (N-methyl/N-ethyl adjacent to an activating group) is 2. The summed E-state index contributed by atoms with van der Waals surface area (Å²) in [4.78, 5) is 93.4. The molecule has 0 bridgehead atoms. The molecule has 7 amide bonds. The second kappa shape index (κ2) is 23.7. The van der Waals surface area contributed by atoms with E-state index in [9.17, 15) is 33.6 Å². The van der Waals surface area contributed by atoms with E-state index in [2.05, 4.69) is 55.9 Å². The van der Waals surface area contributed by atoms with Crippen molar-refractivity contribution in [1.29, 1.82) is 0 Å². The van der Waals surface area contributed by atoms with Crippen LogP contribution < -0.4 is 37.2 Å². The normalized spacial score (nSPS) is 25.8. The Kier molecular flexibility index (Phi) is 17.9. The van der Waals surface area contributed by atoms with Gasteiger partial charge >= 0.3 is 0 Å².